The molecule has 1 aromatic carbocycles. The first-order valence-electron chi connectivity index (χ1n) is 8.34. The van der Waals surface area contributed by atoms with E-state index in [-0.39, 0.29) is 23.1 Å². The van der Waals surface area contributed by atoms with Gasteiger partial charge in [-0.1, -0.05) is 32.0 Å². The quantitative estimate of drug-likeness (QED) is 0.745. The van der Waals surface area contributed by atoms with Gasteiger partial charge in [0, 0.05) is 17.1 Å². The highest BCUT2D eigenvalue weighted by molar-refractivity contribution is 6.16. The van der Waals surface area contributed by atoms with Crippen LogP contribution in [-0.2, 0) is 16.0 Å². The number of hydrogen-bond donors (Lipinski definition) is 0. The SMILES string of the molecule is CC1Cc2ccccc2N1C(=O)C12CCC(C1)C(C)(C)C2=O. The third-order valence-electron chi connectivity index (χ3n) is 6.39. The van der Waals surface area contributed by atoms with Crippen LogP contribution in [0.1, 0.15) is 45.6 Å². The minimum Gasteiger partial charge on any atom is -0.308 e. The second-order valence-electron chi connectivity index (χ2n) is 7.93. The molecule has 2 aliphatic carbocycles. The van der Waals surface area contributed by atoms with Gasteiger partial charge in [0.1, 0.15) is 5.41 Å². The summed E-state index contributed by atoms with van der Waals surface area (Å²) in [6.45, 7) is 6.14. The van der Waals surface area contributed by atoms with Crippen LogP contribution < -0.4 is 4.90 Å². The molecule has 1 amide bonds. The number of fused-ring (bicyclic) bond motifs is 3. The van der Waals surface area contributed by atoms with Crippen molar-refractivity contribution in [3.63, 3.8) is 0 Å². The van der Waals surface area contributed by atoms with Gasteiger partial charge in [-0.05, 0) is 50.2 Å². The van der Waals surface area contributed by atoms with E-state index in [0.29, 0.717) is 5.92 Å². The van der Waals surface area contributed by atoms with Gasteiger partial charge in [0.15, 0.2) is 5.78 Å². The molecule has 1 heterocycles. The maximum absolute atomic E-state index is 13.4. The Bertz CT molecular complexity index is 678. The molecule has 1 aromatic rings. The Morgan fingerprint density at radius 1 is 1.27 bits per heavy atom. The molecule has 3 nitrogen and oxygen atoms in total. The Labute approximate surface area is 131 Å². The molecule has 3 heteroatoms. The molecule has 0 aromatic heterocycles. The standard InChI is InChI=1S/C19H23NO2/c1-12-10-13-6-4-5-7-15(13)20(12)17(22)19-9-8-14(11-19)18(2,3)16(19)21/h4-7,12,14H,8-11H2,1-3H3. The van der Waals surface area contributed by atoms with E-state index < -0.39 is 5.41 Å². The molecule has 3 unspecified atom stereocenters. The van der Waals surface area contributed by atoms with Crippen LogP contribution in [0.3, 0.4) is 0 Å². The number of anilines is 1. The van der Waals surface area contributed by atoms with E-state index >= 15 is 0 Å². The van der Waals surface area contributed by atoms with Gasteiger partial charge < -0.3 is 4.90 Å². The Balaban J connectivity index is 1.76. The number of carbonyl (C=O) groups is 2. The smallest absolute Gasteiger partial charge is 0.240 e. The van der Waals surface area contributed by atoms with Crippen molar-refractivity contribution in [2.45, 2.75) is 52.5 Å². The number of carbonyl (C=O) groups excluding carboxylic acids is 2. The molecule has 2 saturated carbocycles. The largest absolute Gasteiger partial charge is 0.308 e. The molecule has 1 aliphatic heterocycles. The molecule has 2 fully saturated rings. The first-order chi connectivity index (χ1) is 10.4. The Morgan fingerprint density at radius 3 is 2.68 bits per heavy atom. The van der Waals surface area contributed by atoms with E-state index in [1.54, 1.807) is 0 Å². The van der Waals surface area contributed by atoms with Crippen LogP contribution in [0.25, 0.3) is 0 Å². The third kappa shape index (κ3) is 1.52. The van der Waals surface area contributed by atoms with Crippen molar-refractivity contribution < 1.29 is 9.59 Å². The molecule has 0 spiro atoms. The van der Waals surface area contributed by atoms with E-state index in [9.17, 15) is 9.59 Å². The first-order valence-corrected chi connectivity index (χ1v) is 8.34. The van der Waals surface area contributed by atoms with Gasteiger partial charge in [0.2, 0.25) is 5.91 Å². The lowest BCUT2D eigenvalue weighted by atomic mass is 9.70. The minimum absolute atomic E-state index is 0.0584. The highest BCUT2D eigenvalue weighted by atomic mass is 16.2. The molecule has 2 bridgehead atoms. The summed E-state index contributed by atoms with van der Waals surface area (Å²) in [6.07, 6.45) is 3.39. The summed E-state index contributed by atoms with van der Waals surface area (Å²) >= 11 is 0. The predicted molar refractivity (Wildman–Crippen MR) is 85.7 cm³/mol. The highest BCUT2D eigenvalue weighted by Gasteiger charge is 2.66. The van der Waals surface area contributed by atoms with E-state index in [0.717, 1.165) is 31.4 Å². The monoisotopic (exact) mass is 297 g/mol. The van der Waals surface area contributed by atoms with Crippen molar-refractivity contribution >= 4 is 17.4 Å². The third-order valence-corrected chi connectivity index (χ3v) is 6.39. The number of hydrogen-bond acceptors (Lipinski definition) is 2. The predicted octanol–water partition coefficient (Wildman–Crippen LogP) is 3.36. The number of benzene rings is 1. The maximum Gasteiger partial charge on any atom is 0.240 e. The lowest BCUT2D eigenvalue weighted by molar-refractivity contribution is -0.143. The summed E-state index contributed by atoms with van der Waals surface area (Å²) in [5.74, 6) is 0.609. The van der Waals surface area contributed by atoms with Gasteiger partial charge in [-0.3, -0.25) is 9.59 Å². The lowest BCUT2D eigenvalue weighted by Gasteiger charge is -2.36. The van der Waals surface area contributed by atoms with Gasteiger partial charge in [0.25, 0.3) is 0 Å². The number of amides is 1. The average molecular weight is 297 g/mol. The summed E-state index contributed by atoms with van der Waals surface area (Å²) in [5.41, 5.74) is 1.14. The second kappa shape index (κ2) is 4.21. The number of nitrogens with zero attached hydrogens (tertiary/aromatic N) is 1. The summed E-state index contributed by atoms with van der Waals surface area (Å²) in [7, 11) is 0. The molecule has 116 valence electrons. The fraction of sp³-hybridized carbons (Fsp3) is 0.579. The zero-order valence-electron chi connectivity index (χ0n) is 13.6. The Kier molecular flexibility index (Phi) is 2.68. The zero-order valence-corrected chi connectivity index (χ0v) is 13.6. The van der Waals surface area contributed by atoms with Crippen LogP contribution in [-0.4, -0.2) is 17.7 Å². The fourth-order valence-corrected chi connectivity index (χ4v) is 5.07. The first kappa shape index (κ1) is 14.0. The molecular formula is C19H23NO2. The van der Waals surface area contributed by atoms with Crippen LogP contribution in [0.5, 0.6) is 0 Å². The van der Waals surface area contributed by atoms with Crippen LogP contribution in [0.4, 0.5) is 5.69 Å². The number of Topliss-reactive ketones (excluding diaryl/α,β-unsaturated/α-hetero) is 1. The van der Waals surface area contributed by atoms with Gasteiger partial charge in [0.05, 0.1) is 0 Å². The van der Waals surface area contributed by atoms with E-state index in [4.69, 9.17) is 0 Å². The highest BCUT2D eigenvalue weighted by Crippen LogP contribution is 2.61. The van der Waals surface area contributed by atoms with Crippen LogP contribution in [0, 0.1) is 16.7 Å². The summed E-state index contributed by atoms with van der Waals surface area (Å²) in [6, 6.07) is 8.26. The molecule has 0 saturated heterocycles. The summed E-state index contributed by atoms with van der Waals surface area (Å²) in [5, 5.41) is 0. The normalized spacial score (nSPS) is 35.0. The number of ketones is 1. The topological polar surface area (TPSA) is 37.4 Å². The minimum atomic E-state index is -0.750. The van der Waals surface area contributed by atoms with Crippen molar-refractivity contribution in [2.75, 3.05) is 4.90 Å². The van der Waals surface area contributed by atoms with Crippen molar-refractivity contribution in [1.29, 1.82) is 0 Å². The molecule has 3 aliphatic rings. The molecular weight excluding hydrogens is 274 g/mol. The van der Waals surface area contributed by atoms with Crippen molar-refractivity contribution in [2.24, 2.45) is 16.7 Å². The van der Waals surface area contributed by atoms with Crippen LogP contribution in [0.15, 0.2) is 24.3 Å². The molecule has 0 N–H and O–H groups in total. The lowest BCUT2D eigenvalue weighted by Crippen LogP contribution is -2.50. The fourth-order valence-electron chi connectivity index (χ4n) is 5.07. The molecule has 22 heavy (non-hydrogen) atoms. The van der Waals surface area contributed by atoms with E-state index in [2.05, 4.69) is 13.0 Å². The van der Waals surface area contributed by atoms with Crippen LogP contribution in [0.2, 0.25) is 0 Å². The van der Waals surface area contributed by atoms with Gasteiger partial charge in [-0.25, -0.2) is 0 Å². The maximum atomic E-state index is 13.4. The van der Waals surface area contributed by atoms with Gasteiger partial charge in [-0.2, -0.15) is 0 Å². The van der Waals surface area contributed by atoms with Crippen molar-refractivity contribution in [3.05, 3.63) is 29.8 Å². The Hall–Kier alpha value is -1.64. The van der Waals surface area contributed by atoms with Crippen molar-refractivity contribution in [1.82, 2.24) is 0 Å². The van der Waals surface area contributed by atoms with E-state index in [1.807, 2.05) is 36.9 Å². The second-order valence-corrected chi connectivity index (χ2v) is 7.93. The number of para-hydroxylation sites is 1. The Morgan fingerprint density at radius 2 is 2.00 bits per heavy atom. The van der Waals surface area contributed by atoms with E-state index in [1.165, 1.54) is 5.56 Å². The van der Waals surface area contributed by atoms with Crippen molar-refractivity contribution in [3.8, 4) is 0 Å². The molecule has 0 radical (unpaired) electrons. The van der Waals surface area contributed by atoms with Gasteiger partial charge >= 0.3 is 0 Å². The molecule has 3 atom stereocenters. The molecule has 4 rings (SSSR count). The summed E-state index contributed by atoms with van der Waals surface area (Å²) < 4.78 is 0. The van der Waals surface area contributed by atoms with Gasteiger partial charge in [-0.15, -0.1) is 0 Å². The summed E-state index contributed by atoms with van der Waals surface area (Å²) in [4.78, 5) is 28.3. The zero-order chi connectivity index (χ0) is 15.7. The number of rotatable bonds is 1. The van der Waals surface area contributed by atoms with Crippen LogP contribution >= 0.6 is 0 Å². The average Bonchev–Trinajstić information content (AvgIpc) is 3.11.